The molecule has 1 fully saturated rings. The Hall–Kier alpha value is -3.13. The fraction of sp³-hybridized carbons (Fsp3) is 0.263. The summed E-state index contributed by atoms with van der Waals surface area (Å²) in [6.45, 7) is 1.09. The molecule has 28 heavy (non-hydrogen) atoms. The van der Waals surface area contributed by atoms with Crippen molar-refractivity contribution < 1.29 is 10.0 Å². The highest BCUT2D eigenvalue weighted by molar-refractivity contribution is 6.30. The van der Waals surface area contributed by atoms with Crippen molar-refractivity contribution >= 4 is 40.0 Å². The van der Waals surface area contributed by atoms with Crippen molar-refractivity contribution in [2.45, 2.75) is 12.8 Å². The van der Waals surface area contributed by atoms with Gasteiger partial charge in [0.1, 0.15) is 5.82 Å². The molecular weight excluding hydrogens is 382 g/mol. The van der Waals surface area contributed by atoms with Crippen LogP contribution in [0.25, 0.3) is 11.0 Å². The van der Waals surface area contributed by atoms with Crippen molar-refractivity contribution in [1.82, 2.24) is 14.7 Å². The van der Waals surface area contributed by atoms with Crippen molar-refractivity contribution in [1.29, 1.82) is 0 Å². The van der Waals surface area contributed by atoms with Crippen LogP contribution >= 0.6 is 11.6 Å². The van der Waals surface area contributed by atoms with Crippen molar-refractivity contribution in [3.63, 3.8) is 0 Å². The summed E-state index contributed by atoms with van der Waals surface area (Å²) in [4.78, 5) is 34.7. The van der Waals surface area contributed by atoms with Gasteiger partial charge in [-0.2, -0.15) is 4.98 Å². The minimum absolute atomic E-state index is 0.0926. The molecule has 1 aliphatic rings. The number of hydrogen-bond donors (Lipinski definition) is 2. The lowest BCUT2D eigenvalue weighted by Crippen LogP contribution is -2.42. The summed E-state index contributed by atoms with van der Waals surface area (Å²) in [7, 11) is 0. The van der Waals surface area contributed by atoms with E-state index in [4.69, 9.17) is 11.6 Å². The van der Waals surface area contributed by atoms with E-state index in [1.165, 1.54) is 6.20 Å². The smallest absolute Gasteiger partial charge is 0.384 e. The van der Waals surface area contributed by atoms with E-state index in [1.54, 1.807) is 36.4 Å². The topological polar surface area (TPSA) is 100 Å². The van der Waals surface area contributed by atoms with Crippen LogP contribution in [-0.2, 0) is 4.79 Å². The van der Waals surface area contributed by atoms with E-state index >= 15 is 0 Å². The number of piperidine rings is 1. The number of nitrogens with one attached hydrogen (secondary N) is 1. The summed E-state index contributed by atoms with van der Waals surface area (Å²) in [6.07, 6.45) is 3.02. The average Bonchev–Trinajstić information content (AvgIpc) is 2.72. The third-order valence-electron chi connectivity index (χ3n) is 4.81. The number of amides is 1. The van der Waals surface area contributed by atoms with E-state index < -0.39 is 5.69 Å². The Kier molecular flexibility index (Phi) is 4.87. The molecule has 0 saturated carbocycles. The molecule has 0 aliphatic carbocycles. The maximum Gasteiger partial charge on any atom is 0.384 e. The predicted molar refractivity (Wildman–Crippen MR) is 106 cm³/mol. The highest BCUT2D eigenvalue weighted by Gasteiger charge is 2.28. The van der Waals surface area contributed by atoms with Gasteiger partial charge < -0.3 is 15.4 Å². The van der Waals surface area contributed by atoms with Gasteiger partial charge in [-0.25, -0.2) is 9.78 Å². The molecular formula is C19H18ClN5O3. The quantitative estimate of drug-likeness (QED) is 0.656. The Balaban J connectivity index is 1.58. The lowest BCUT2D eigenvalue weighted by molar-refractivity contribution is -0.120. The fourth-order valence-corrected chi connectivity index (χ4v) is 3.56. The molecule has 2 aromatic heterocycles. The summed E-state index contributed by atoms with van der Waals surface area (Å²) in [5, 5.41) is 14.0. The number of fused-ring (bicyclic) bond motifs is 1. The van der Waals surface area contributed by atoms with Crippen LogP contribution in [0.2, 0.25) is 5.02 Å². The molecule has 1 aromatic carbocycles. The zero-order valence-electron chi connectivity index (χ0n) is 14.9. The van der Waals surface area contributed by atoms with E-state index in [1.807, 2.05) is 4.90 Å². The number of aromatic nitrogens is 3. The SMILES string of the molecule is O=C(Nc1ccc(Cl)cc1)C1CCCN(c2nc(=O)n(O)c3ncccc23)C1. The van der Waals surface area contributed by atoms with Crippen LogP contribution in [0.5, 0.6) is 0 Å². The lowest BCUT2D eigenvalue weighted by atomic mass is 9.96. The normalized spacial score (nSPS) is 16.9. The van der Waals surface area contributed by atoms with Crippen LogP contribution in [0, 0.1) is 5.92 Å². The number of carbonyl (C=O) groups excluding carboxylic acids is 1. The second-order valence-corrected chi connectivity index (χ2v) is 7.12. The van der Waals surface area contributed by atoms with Crippen LogP contribution in [0.4, 0.5) is 11.5 Å². The molecule has 0 radical (unpaired) electrons. The third-order valence-corrected chi connectivity index (χ3v) is 5.07. The first kappa shape index (κ1) is 18.2. The first-order valence-electron chi connectivity index (χ1n) is 8.91. The van der Waals surface area contributed by atoms with Gasteiger partial charge in [0.2, 0.25) is 5.91 Å². The van der Waals surface area contributed by atoms with Crippen molar-refractivity contribution in [3.05, 3.63) is 58.1 Å². The molecule has 8 nitrogen and oxygen atoms in total. The van der Waals surface area contributed by atoms with Gasteiger partial charge >= 0.3 is 5.69 Å². The maximum atomic E-state index is 12.7. The highest BCUT2D eigenvalue weighted by Crippen LogP contribution is 2.27. The zero-order chi connectivity index (χ0) is 19.7. The lowest BCUT2D eigenvalue weighted by Gasteiger charge is -2.33. The molecule has 3 aromatic rings. The number of hydrogen-bond acceptors (Lipinski definition) is 6. The molecule has 1 aliphatic heterocycles. The van der Waals surface area contributed by atoms with Gasteiger partial charge in [-0.15, -0.1) is 4.73 Å². The van der Waals surface area contributed by atoms with Crippen LogP contribution < -0.4 is 15.9 Å². The predicted octanol–water partition coefficient (Wildman–Crippen LogP) is 2.54. The largest absolute Gasteiger partial charge is 0.422 e. The van der Waals surface area contributed by atoms with Gasteiger partial charge in [-0.05, 0) is 49.2 Å². The molecule has 1 saturated heterocycles. The molecule has 0 bridgehead atoms. The second-order valence-electron chi connectivity index (χ2n) is 6.69. The number of carbonyl (C=O) groups is 1. The van der Waals surface area contributed by atoms with Gasteiger partial charge in [0.05, 0.1) is 11.3 Å². The Morgan fingerprint density at radius 1 is 1.25 bits per heavy atom. The van der Waals surface area contributed by atoms with Crippen molar-refractivity contribution in [3.8, 4) is 0 Å². The number of anilines is 2. The maximum absolute atomic E-state index is 12.7. The van der Waals surface area contributed by atoms with Gasteiger partial charge in [0.15, 0.2) is 5.65 Å². The number of nitrogens with zero attached hydrogens (tertiary/aromatic N) is 4. The van der Waals surface area contributed by atoms with Gasteiger partial charge in [-0.3, -0.25) is 4.79 Å². The van der Waals surface area contributed by atoms with Gasteiger partial charge in [0, 0.05) is 30.0 Å². The minimum Gasteiger partial charge on any atom is -0.422 e. The van der Waals surface area contributed by atoms with Crippen LogP contribution in [0.3, 0.4) is 0 Å². The molecule has 1 atom stereocenters. The van der Waals surface area contributed by atoms with Gasteiger partial charge in [-0.1, -0.05) is 11.6 Å². The summed E-state index contributed by atoms with van der Waals surface area (Å²) < 4.78 is 0.438. The second kappa shape index (κ2) is 7.47. The standard InChI is InChI=1S/C19H18ClN5O3/c20-13-5-7-14(8-6-13)22-18(26)12-3-2-10-24(11-12)17-15-4-1-9-21-16(15)25(28)19(27)23-17/h1,4-9,12,28H,2-3,10-11H2,(H,22,26). The van der Waals surface area contributed by atoms with Crippen LogP contribution in [0.1, 0.15) is 12.8 Å². The molecule has 9 heteroatoms. The van der Waals surface area contributed by atoms with E-state index in [0.717, 1.165) is 12.8 Å². The summed E-state index contributed by atoms with van der Waals surface area (Å²) >= 11 is 5.88. The first-order valence-corrected chi connectivity index (χ1v) is 9.29. The van der Waals surface area contributed by atoms with Crippen LogP contribution in [-0.4, -0.2) is 38.9 Å². The fourth-order valence-electron chi connectivity index (χ4n) is 3.43. The highest BCUT2D eigenvalue weighted by atomic mass is 35.5. The number of rotatable bonds is 3. The molecule has 4 rings (SSSR count). The van der Waals surface area contributed by atoms with Crippen LogP contribution in [0.15, 0.2) is 47.4 Å². The first-order chi connectivity index (χ1) is 13.5. The Morgan fingerprint density at radius 3 is 2.82 bits per heavy atom. The number of halogens is 1. The zero-order valence-corrected chi connectivity index (χ0v) is 15.6. The van der Waals surface area contributed by atoms with E-state index in [0.29, 0.717) is 39.7 Å². The summed E-state index contributed by atoms with van der Waals surface area (Å²) in [5.41, 5.74) is 0.0290. The minimum atomic E-state index is -0.797. The van der Waals surface area contributed by atoms with E-state index in [-0.39, 0.29) is 17.5 Å². The molecule has 0 spiro atoms. The van der Waals surface area contributed by atoms with E-state index in [2.05, 4.69) is 15.3 Å². The average molecular weight is 400 g/mol. The molecule has 2 N–H and O–H groups in total. The number of benzene rings is 1. The molecule has 1 amide bonds. The molecule has 3 heterocycles. The summed E-state index contributed by atoms with van der Waals surface area (Å²) in [5.74, 6) is 0.0850. The molecule has 1 unspecified atom stereocenters. The Bertz CT molecular complexity index is 1080. The monoisotopic (exact) mass is 399 g/mol. The third kappa shape index (κ3) is 3.50. The Morgan fingerprint density at radius 2 is 2.04 bits per heavy atom. The molecule has 144 valence electrons. The summed E-state index contributed by atoms with van der Waals surface area (Å²) in [6, 6.07) is 10.4. The van der Waals surface area contributed by atoms with Gasteiger partial charge in [0.25, 0.3) is 0 Å². The Labute approximate surface area is 165 Å². The van der Waals surface area contributed by atoms with E-state index in [9.17, 15) is 14.8 Å². The van der Waals surface area contributed by atoms with Crippen molar-refractivity contribution in [2.75, 3.05) is 23.3 Å². The number of pyridine rings is 1. The van der Waals surface area contributed by atoms with Crippen molar-refractivity contribution in [2.24, 2.45) is 5.92 Å².